The van der Waals surface area contributed by atoms with Crippen LogP contribution in [0.15, 0.2) is 0 Å². The quantitative estimate of drug-likeness (QED) is 0.456. The van der Waals surface area contributed by atoms with Crippen LogP contribution in [0.25, 0.3) is 0 Å². The standard InChI is InChI=1S/C9H15N/c1-3-7-10-8-9(4-2)5-6-9/h1,10H,4-8H2,2H3. The highest BCUT2D eigenvalue weighted by Gasteiger charge is 2.39. The minimum Gasteiger partial charge on any atom is -0.306 e. The Balaban J connectivity index is 2.08. The zero-order valence-corrected chi connectivity index (χ0v) is 6.61. The number of nitrogens with one attached hydrogen (secondary N) is 1. The zero-order valence-electron chi connectivity index (χ0n) is 6.61. The maximum Gasteiger partial charge on any atom is 0.0574 e. The summed E-state index contributed by atoms with van der Waals surface area (Å²) in [5.74, 6) is 2.58. The van der Waals surface area contributed by atoms with Gasteiger partial charge in [-0.3, -0.25) is 0 Å². The van der Waals surface area contributed by atoms with Gasteiger partial charge in [0.25, 0.3) is 0 Å². The third kappa shape index (κ3) is 1.75. The first-order valence-corrected chi connectivity index (χ1v) is 3.97. The van der Waals surface area contributed by atoms with Crippen LogP contribution in [-0.4, -0.2) is 13.1 Å². The minimum absolute atomic E-state index is 0.636. The van der Waals surface area contributed by atoms with Crippen LogP contribution in [0.4, 0.5) is 0 Å². The molecule has 0 aromatic heterocycles. The first-order chi connectivity index (χ1) is 4.83. The smallest absolute Gasteiger partial charge is 0.0574 e. The number of terminal acetylenes is 1. The second-order valence-corrected chi connectivity index (χ2v) is 3.16. The van der Waals surface area contributed by atoms with Gasteiger partial charge < -0.3 is 5.32 Å². The number of rotatable bonds is 4. The van der Waals surface area contributed by atoms with Gasteiger partial charge in [0.2, 0.25) is 0 Å². The molecule has 0 aliphatic heterocycles. The molecule has 0 radical (unpaired) electrons. The van der Waals surface area contributed by atoms with Crippen molar-refractivity contribution in [3.8, 4) is 12.3 Å². The van der Waals surface area contributed by atoms with Gasteiger partial charge in [0, 0.05) is 6.54 Å². The van der Waals surface area contributed by atoms with Crippen LogP contribution in [0.1, 0.15) is 26.2 Å². The predicted octanol–water partition coefficient (Wildman–Crippen LogP) is 1.40. The van der Waals surface area contributed by atoms with Crippen molar-refractivity contribution >= 4 is 0 Å². The first kappa shape index (κ1) is 7.63. The molecule has 1 aliphatic carbocycles. The molecular weight excluding hydrogens is 122 g/mol. The molecule has 0 atom stereocenters. The van der Waals surface area contributed by atoms with Crippen molar-refractivity contribution in [1.82, 2.24) is 5.32 Å². The number of hydrogen-bond donors (Lipinski definition) is 1. The third-order valence-corrected chi connectivity index (χ3v) is 2.43. The van der Waals surface area contributed by atoms with E-state index in [-0.39, 0.29) is 0 Å². The largest absolute Gasteiger partial charge is 0.306 e. The maximum atomic E-state index is 5.11. The monoisotopic (exact) mass is 137 g/mol. The first-order valence-electron chi connectivity index (χ1n) is 3.97. The van der Waals surface area contributed by atoms with Crippen molar-refractivity contribution in [3.63, 3.8) is 0 Å². The van der Waals surface area contributed by atoms with Gasteiger partial charge >= 0.3 is 0 Å². The lowest BCUT2D eigenvalue weighted by atomic mass is 10.0. The maximum absolute atomic E-state index is 5.11. The Morgan fingerprint density at radius 3 is 2.70 bits per heavy atom. The van der Waals surface area contributed by atoms with E-state index >= 15 is 0 Å². The molecule has 1 N–H and O–H groups in total. The lowest BCUT2D eigenvalue weighted by molar-refractivity contribution is 0.457. The average Bonchev–Trinajstić information content (AvgIpc) is 2.70. The SMILES string of the molecule is C#CCNCC1(CC)CC1. The van der Waals surface area contributed by atoms with Crippen molar-refractivity contribution in [2.75, 3.05) is 13.1 Å². The van der Waals surface area contributed by atoms with Gasteiger partial charge in [0.15, 0.2) is 0 Å². The predicted molar refractivity (Wildman–Crippen MR) is 43.7 cm³/mol. The lowest BCUT2D eigenvalue weighted by Gasteiger charge is -2.10. The van der Waals surface area contributed by atoms with E-state index in [2.05, 4.69) is 18.2 Å². The fraction of sp³-hybridized carbons (Fsp3) is 0.778. The Bertz CT molecular complexity index is 139. The molecular formula is C9H15N. The molecule has 1 saturated carbocycles. The molecule has 0 heterocycles. The van der Waals surface area contributed by atoms with Crippen LogP contribution in [0, 0.1) is 17.8 Å². The molecule has 1 fully saturated rings. The van der Waals surface area contributed by atoms with Crippen LogP contribution < -0.4 is 5.32 Å². The van der Waals surface area contributed by atoms with E-state index in [1.165, 1.54) is 19.3 Å². The summed E-state index contributed by atoms with van der Waals surface area (Å²) < 4.78 is 0. The van der Waals surface area contributed by atoms with Gasteiger partial charge in [0.1, 0.15) is 0 Å². The van der Waals surface area contributed by atoms with Crippen LogP contribution in [0.5, 0.6) is 0 Å². The van der Waals surface area contributed by atoms with E-state index in [1.807, 2.05) is 0 Å². The summed E-state index contributed by atoms with van der Waals surface area (Å²) in [4.78, 5) is 0. The van der Waals surface area contributed by atoms with E-state index in [4.69, 9.17) is 6.42 Å². The van der Waals surface area contributed by atoms with Crippen molar-refractivity contribution in [2.45, 2.75) is 26.2 Å². The Labute approximate surface area is 63.2 Å². The molecule has 0 saturated heterocycles. The summed E-state index contributed by atoms with van der Waals surface area (Å²) in [6.45, 7) is 4.10. The van der Waals surface area contributed by atoms with Gasteiger partial charge in [-0.05, 0) is 24.7 Å². The summed E-state index contributed by atoms with van der Waals surface area (Å²) in [5.41, 5.74) is 0.636. The van der Waals surface area contributed by atoms with Crippen LogP contribution in [0.3, 0.4) is 0 Å². The molecule has 1 aliphatic rings. The molecule has 0 unspecified atom stereocenters. The summed E-state index contributed by atoms with van der Waals surface area (Å²) >= 11 is 0. The highest BCUT2D eigenvalue weighted by molar-refractivity contribution is 4.95. The Morgan fingerprint density at radius 1 is 1.60 bits per heavy atom. The molecule has 0 bridgehead atoms. The summed E-state index contributed by atoms with van der Waals surface area (Å²) in [6.07, 6.45) is 9.18. The van der Waals surface area contributed by atoms with E-state index in [0.29, 0.717) is 5.41 Å². The average molecular weight is 137 g/mol. The van der Waals surface area contributed by atoms with E-state index in [9.17, 15) is 0 Å². The van der Waals surface area contributed by atoms with Gasteiger partial charge in [-0.15, -0.1) is 6.42 Å². The summed E-state index contributed by atoms with van der Waals surface area (Å²) in [7, 11) is 0. The van der Waals surface area contributed by atoms with Crippen molar-refractivity contribution in [1.29, 1.82) is 0 Å². The van der Waals surface area contributed by atoms with Crippen molar-refractivity contribution in [3.05, 3.63) is 0 Å². The van der Waals surface area contributed by atoms with E-state index in [0.717, 1.165) is 13.1 Å². The Morgan fingerprint density at radius 2 is 2.30 bits per heavy atom. The highest BCUT2D eigenvalue weighted by atomic mass is 14.9. The number of hydrogen-bond acceptors (Lipinski definition) is 1. The fourth-order valence-electron chi connectivity index (χ4n) is 1.23. The molecule has 1 nitrogen and oxygen atoms in total. The Hall–Kier alpha value is -0.480. The minimum atomic E-state index is 0.636. The molecule has 0 aromatic carbocycles. The molecule has 56 valence electrons. The van der Waals surface area contributed by atoms with Gasteiger partial charge in [-0.25, -0.2) is 0 Å². The summed E-state index contributed by atoms with van der Waals surface area (Å²) in [5, 5.41) is 3.25. The van der Waals surface area contributed by atoms with E-state index in [1.54, 1.807) is 0 Å². The van der Waals surface area contributed by atoms with Crippen molar-refractivity contribution in [2.24, 2.45) is 5.41 Å². The second kappa shape index (κ2) is 3.07. The second-order valence-electron chi connectivity index (χ2n) is 3.16. The highest BCUT2D eigenvalue weighted by Crippen LogP contribution is 2.47. The molecule has 10 heavy (non-hydrogen) atoms. The van der Waals surface area contributed by atoms with Crippen LogP contribution >= 0.6 is 0 Å². The zero-order chi connectivity index (χ0) is 7.45. The normalized spacial score (nSPS) is 20.0. The van der Waals surface area contributed by atoms with Crippen LogP contribution in [-0.2, 0) is 0 Å². The van der Waals surface area contributed by atoms with Crippen molar-refractivity contribution < 1.29 is 0 Å². The molecule has 0 spiro atoms. The summed E-state index contributed by atoms with van der Waals surface area (Å²) in [6, 6.07) is 0. The third-order valence-electron chi connectivity index (χ3n) is 2.43. The fourth-order valence-corrected chi connectivity index (χ4v) is 1.23. The molecule has 1 rings (SSSR count). The molecule has 0 amide bonds. The Kier molecular flexibility index (Phi) is 2.34. The van der Waals surface area contributed by atoms with Gasteiger partial charge in [-0.2, -0.15) is 0 Å². The van der Waals surface area contributed by atoms with E-state index < -0.39 is 0 Å². The topological polar surface area (TPSA) is 12.0 Å². The van der Waals surface area contributed by atoms with Gasteiger partial charge in [0.05, 0.1) is 6.54 Å². The molecule has 1 heteroatoms. The van der Waals surface area contributed by atoms with Gasteiger partial charge in [-0.1, -0.05) is 12.8 Å². The molecule has 0 aromatic rings. The lowest BCUT2D eigenvalue weighted by Crippen LogP contribution is -2.23. The van der Waals surface area contributed by atoms with Crippen LogP contribution in [0.2, 0.25) is 0 Å².